The lowest BCUT2D eigenvalue weighted by atomic mass is 9.65. The molecule has 0 spiro atoms. The molecule has 6 heteroatoms. The third-order valence-corrected chi connectivity index (χ3v) is 9.57. The molecule has 3 aliphatic rings. The second-order valence-corrected chi connectivity index (χ2v) is 11.8. The van der Waals surface area contributed by atoms with E-state index in [2.05, 4.69) is 6.92 Å². The molecule has 1 aromatic carbocycles. The quantitative estimate of drug-likeness (QED) is 0.270. The summed E-state index contributed by atoms with van der Waals surface area (Å²) in [7, 11) is 0. The zero-order valence-electron chi connectivity index (χ0n) is 21.8. The van der Waals surface area contributed by atoms with Crippen LogP contribution in [0, 0.1) is 41.3 Å². The molecule has 0 saturated heterocycles. The highest BCUT2D eigenvalue weighted by atomic mass is 19.4. The minimum absolute atomic E-state index is 0.0479. The van der Waals surface area contributed by atoms with Crippen LogP contribution in [0.1, 0.15) is 113 Å². The lowest BCUT2D eigenvalue weighted by Crippen LogP contribution is -2.30. The molecular weight excluding hydrogens is 468 g/mol. The Hall–Kier alpha value is -1.59. The fraction of sp³-hybridized carbons (Fsp3) is 0.767. The van der Waals surface area contributed by atoms with Crippen molar-refractivity contribution in [2.75, 3.05) is 6.61 Å². The maximum Gasteiger partial charge on any atom is 0.420 e. The number of ketones is 1. The maximum absolute atomic E-state index is 14.6. The molecule has 0 radical (unpaired) electrons. The molecule has 0 aliphatic heterocycles. The number of carbonyl (C=O) groups excluding carboxylic acids is 1. The number of hydrogen-bond acceptors (Lipinski definition) is 2. The van der Waals surface area contributed by atoms with Crippen LogP contribution >= 0.6 is 0 Å². The minimum Gasteiger partial charge on any atom is -0.491 e. The first kappa shape index (κ1) is 27.4. The van der Waals surface area contributed by atoms with Crippen LogP contribution in [0.4, 0.5) is 17.6 Å². The number of hydrogen-bond donors (Lipinski definition) is 0. The second kappa shape index (κ2) is 11.9. The Balaban J connectivity index is 1.28. The van der Waals surface area contributed by atoms with Gasteiger partial charge in [-0.2, -0.15) is 13.2 Å². The van der Waals surface area contributed by atoms with Crippen molar-refractivity contribution in [1.82, 2.24) is 0 Å². The zero-order valence-corrected chi connectivity index (χ0v) is 21.8. The van der Waals surface area contributed by atoms with E-state index in [0.29, 0.717) is 5.92 Å². The van der Waals surface area contributed by atoms with Crippen LogP contribution in [0.15, 0.2) is 12.1 Å². The molecule has 3 aliphatic carbocycles. The third kappa shape index (κ3) is 6.45. The third-order valence-electron chi connectivity index (χ3n) is 9.57. The number of halogens is 4. The van der Waals surface area contributed by atoms with E-state index < -0.39 is 34.7 Å². The lowest BCUT2D eigenvalue weighted by Gasteiger charge is -2.41. The van der Waals surface area contributed by atoms with Crippen LogP contribution in [0.3, 0.4) is 0 Å². The van der Waals surface area contributed by atoms with Gasteiger partial charge >= 0.3 is 6.18 Å². The highest BCUT2D eigenvalue weighted by Gasteiger charge is 2.41. The van der Waals surface area contributed by atoms with E-state index in [1.165, 1.54) is 51.4 Å². The van der Waals surface area contributed by atoms with Crippen molar-refractivity contribution in [1.29, 1.82) is 0 Å². The van der Waals surface area contributed by atoms with Gasteiger partial charge in [0, 0.05) is 12.0 Å². The van der Waals surface area contributed by atoms with Gasteiger partial charge < -0.3 is 4.74 Å². The Morgan fingerprint density at radius 1 is 0.833 bits per heavy atom. The number of carbonyl (C=O) groups is 1. The van der Waals surface area contributed by atoms with Crippen LogP contribution in [0.25, 0.3) is 0 Å². The van der Waals surface area contributed by atoms with E-state index in [-0.39, 0.29) is 18.9 Å². The van der Waals surface area contributed by atoms with Crippen LogP contribution in [0.2, 0.25) is 0 Å². The summed E-state index contributed by atoms with van der Waals surface area (Å²) in [5, 5.41) is 0. The fourth-order valence-electron chi connectivity index (χ4n) is 7.41. The zero-order chi connectivity index (χ0) is 25.9. The van der Waals surface area contributed by atoms with E-state index in [9.17, 15) is 22.4 Å². The molecule has 2 nitrogen and oxygen atoms in total. The van der Waals surface area contributed by atoms with Crippen LogP contribution in [-0.2, 0) is 6.18 Å². The van der Waals surface area contributed by atoms with E-state index in [4.69, 9.17) is 4.74 Å². The summed E-state index contributed by atoms with van der Waals surface area (Å²) in [6.07, 6.45) is 9.88. The normalized spacial score (nSPS) is 31.7. The molecule has 4 rings (SSSR count). The van der Waals surface area contributed by atoms with Crippen molar-refractivity contribution < 1.29 is 27.1 Å². The van der Waals surface area contributed by atoms with Crippen molar-refractivity contribution in [3.8, 4) is 5.75 Å². The van der Waals surface area contributed by atoms with Gasteiger partial charge in [-0.1, -0.05) is 19.8 Å². The minimum atomic E-state index is -4.95. The van der Waals surface area contributed by atoms with Crippen molar-refractivity contribution in [3.63, 3.8) is 0 Å². The molecular formula is C30H42F4O2. The summed E-state index contributed by atoms with van der Waals surface area (Å²) >= 11 is 0. The number of Topliss-reactive ketones (excluding diaryl/α,β-unsaturated/α-hetero) is 1. The highest BCUT2D eigenvalue weighted by molar-refractivity contribution is 5.98. The van der Waals surface area contributed by atoms with Gasteiger partial charge in [-0.05, 0) is 119 Å². The van der Waals surface area contributed by atoms with Gasteiger partial charge in [0.15, 0.2) is 17.3 Å². The molecule has 0 heterocycles. The van der Waals surface area contributed by atoms with Gasteiger partial charge in [-0.3, -0.25) is 4.79 Å². The summed E-state index contributed by atoms with van der Waals surface area (Å²) < 4.78 is 60.5. The van der Waals surface area contributed by atoms with Gasteiger partial charge in [0.05, 0.1) is 6.61 Å². The molecule has 0 amide bonds. The second-order valence-electron chi connectivity index (χ2n) is 11.8. The Morgan fingerprint density at radius 3 is 1.78 bits per heavy atom. The summed E-state index contributed by atoms with van der Waals surface area (Å²) in [6.45, 7) is 4.00. The molecule has 0 aromatic heterocycles. The van der Waals surface area contributed by atoms with Gasteiger partial charge in [0.25, 0.3) is 0 Å². The standard InChI is InChI=1S/C30H42F4O2/c1-3-36-27-17-16-25(28(29(27)31)30(32,33)34)26(35)18-20-6-10-22(11-7-20)24-14-12-23(13-15-24)21-8-4-19(2)5-9-21/h16-17,19-24H,3-15,18H2,1-2H3. The molecule has 1 aromatic rings. The molecule has 3 saturated carbocycles. The van der Waals surface area contributed by atoms with Crippen LogP contribution in [-0.4, -0.2) is 12.4 Å². The number of ether oxygens (including phenoxy) is 1. The van der Waals surface area contributed by atoms with Gasteiger partial charge in [-0.15, -0.1) is 0 Å². The summed E-state index contributed by atoms with van der Waals surface area (Å²) in [6, 6.07) is 2.22. The first-order chi connectivity index (χ1) is 17.2. The average molecular weight is 511 g/mol. The lowest BCUT2D eigenvalue weighted by molar-refractivity contribution is -0.140. The maximum atomic E-state index is 14.6. The molecule has 0 N–H and O–H groups in total. The van der Waals surface area contributed by atoms with E-state index in [0.717, 1.165) is 61.5 Å². The SMILES string of the molecule is CCOc1ccc(C(=O)CC2CCC(C3CCC(C4CCC(C)CC4)CC3)CC2)c(C(F)(F)F)c1F. The van der Waals surface area contributed by atoms with Crippen molar-refractivity contribution >= 4 is 5.78 Å². The van der Waals surface area contributed by atoms with E-state index in [1.807, 2.05) is 0 Å². The largest absolute Gasteiger partial charge is 0.491 e. The van der Waals surface area contributed by atoms with Gasteiger partial charge in [0.1, 0.15) is 5.56 Å². The number of alkyl halides is 3. The van der Waals surface area contributed by atoms with Crippen molar-refractivity contribution in [2.24, 2.45) is 35.5 Å². The predicted octanol–water partition coefficient (Wildman–Crippen LogP) is 9.26. The Morgan fingerprint density at radius 2 is 1.31 bits per heavy atom. The molecule has 36 heavy (non-hydrogen) atoms. The summed E-state index contributed by atoms with van der Waals surface area (Å²) in [5.41, 5.74) is -2.06. The molecule has 0 unspecified atom stereocenters. The van der Waals surface area contributed by atoms with Crippen molar-refractivity contribution in [2.45, 2.75) is 103 Å². The first-order valence-electron chi connectivity index (χ1n) is 14.2. The first-order valence-corrected chi connectivity index (χ1v) is 14.2. The van der Waals surface area contributed by atoms with Gasteiger partial charge in [0.2, 0.25) is 0 Å². The highest BCUT2D eigenvalue weighted by Crippen LogP contribution is 2.46. The number of benzene rings is 1. The predicted molar refractivity (Wildman–Crippen MR) is 134 cm³/mol. The Kier molecular flexibility index (Phi) is 9.04. The topological polar surface area (TPSA) is 26.3 Å². The molecule has 3 fully saturated rings. The van der Waals surface area contributed by atoms with Crippen LogP contribution in [0.5, 0.6) is 5.75 Å². The average Bonchev–Trinajstić information content (AvgIpc) is 2.85. The summed E-state index contributed by atoms with van der Waals surface area (Å²) in [5.74, 6) is 1.67. The smallest absolute Gasteiger partial charge is 0.420 e. The number of rotatable bonds is 7. The molecule has 0 atom stereocenters. The molecule has 202 valence electrons. The van der Waals surface area contributed by atoms with E-state index in [1.54, 1.807) is 6.92 Å². The molecule has 0 bridgehead atoms. The van der Waals surface area contributed by atoms with Crippen LogP contribution < -0.4 is 4.74 Å². The fourth-order valence-corrected chi connectivity index (χ4v) is 7.41. The van der Waals surface area contributed by atoms with E-state index >= 15 is 0 Å². The monoisotopic (exact) mass is 510 g/mol. The Labute approximate surface area is 213 Å². The van der Waals surface area contributed by atoms with Gasteiger partial charge in [-0.25, -0.2) is 4.39 Å². The summed E-state index contributed by atoms with van der Waals surface area (Å²) in [4.78, 5) is 12.9. The van der Waals surface area contributed by atoms with Crippen molar-refractivity contribution in [3.05, 3.63) is 29.1 Å². The Bertz CT molecular complexity index is 872.